The van der Waals surface area contributed by atoms with Gasteiger partial charge in [-0.15, -0.1) is 0 Å². The molecule has 0 aliphatic heterocycles. The Morgan fingerprint density at radius 3 is 1.44 bits per heavy atom. The molecule has 7 heteroatoms. The summed E-state index contributed by atoms with van der Waals surface area (Å²) in [4.78, 5) is 29.7. The summed E-state index contributed by atoms with van der Waals surface area (Å²) < 4.78 is 0. The van der Waals surface area contributed by atoms with Crippen LogP contribution in [0.2, 0.25) is 0 Å². The van der Waals surface area contributed by atoms with Gasteiger partial charge < -0.3 is 0 Å². The number of rotatable bonds is 0. The van der Waals surface area contributed by atoms with E-state index in [1.807, 2.05) is 153 Å². The smallest absolute Gasteiger partial charge is 0.0731 e. The van der Waals surface area contributed by atoms with E-state index in [9.17, 15) is 0 Å². The Bertz CT molecular complexity index is 3640. The van der Waals surface area contributed by atoms with E-state index in [-0.39, 0.29) is 0 Å². The molecule has 0 radical (unpaired) electrons. The number of aryl methyl sites for hydroxylation is 7. The molecule has 7 nitrogen and oxygen atoms in total. The summed E-state index contributed by atoms with van der Waals surface area (Å²) in [7, 11) is 0. The van der Waals surface area contributed by atoms with Crippen LogP contribution in [0.15, 0.2) is 256 Å². The fourth-order valence-electron chi connectivity index (χ4n) is 8.58. The lowest BCUT2D eigenvalue weighted by molar-refractivity contribution is 1.24. The van der Waals surface area contributed by atoms with Crippen LogP contribution < -0.4 is 0 Å². The van der Waals surface area contributed by atoms with Crippen LogP contribution >= 0.6 is 0 Å². The van der Waals surface area contributed by atoms with Gasteiger partial charge in [-0.05, 0) is 161 Å². The number of hydrogen-bond donors (Lipinski definition) is 0. The third-order valence-electron chi connectivity index (χ3n) is 12.7. The second-order valence-corrected chi connectivity index (χ2v) is 18.7. The van der Waals surface area contributed by atoms with Gasteiger partial charge >= 0.3 is 0 Å². The van der Waals surface area contributed by atoms with E-state index in [0.717, 1.165) is 38.8 Å². The minimum absolute atomic E-state index is 1.07. The standard InChI is InChI=1S/7C10H9N/c1-8-4-2-6-10-9(8)5-3-7-11-10;1-8-4-2-5-9-6-3-7-11-10(8)9;1-8-4-5-10-9(7-8)3-2-6-11-10;1-8-4-5-9-3-2-6-11-10(9)7-8;1-8-6-9-4-2-3-5-10(9)11-7-8;1-8-10-5-3-2-4-9(10)6-7-11-8;1-8-6-7-11-10-5-3-2-4-9(8)10/h7*2-7H,1H3. The zero-order valence-corrected chi connectivity index (χ0v) is 44.9. The van der Waals surface area contributed by atoms with E-state index in [4.69, 9.17) is 0 Å². The van der Waals surface area contributed by atoms with Gasteiger partial charge in [-0.1, -0.05) is 139 Å². The van der Waals surface area contributed by atoms with Crippen molar-refractivity contribution in [3.63, 3.8) is 0 Å². The average Bonchev–Trinajstić information content (AvgIpc) is 3.47. The van der Waals surface area contributed by atoms with Crippen LogP contribution in [0.5, 0.6) is 0 Å². The summed E-state index contributed by atoms with van der Waals surface area (Å²) in [5, 5.41) is 9.85. The molecule has 0 bridgehead atoms. The van der Waals surface area contributed by atoms with Crippen molar-refractivity contribution in [2.24, 2.45) is 0 Å². The Hall–Kier alpha value is -9.59. The third kappa shape index (κ3) is 15.3. The van der Waals surface area contributed by atoms with Gasteiger partial charge in [0.05, 0.1) is 33.1 Å². The van der Waals surface area contributed by atoms with E-state index in [2.05, 4.69) is 186 Å². The molecule has 77 heavy (non-hydrogen) atoms. The highest BCUT2D eigenvalue weighted by molar-refractivity contribution is 5.85. The molecule has 0 aliphatic rings. The van der Waals surface area contributed by atoms with Crippen LogP contribution in [0, 0.1) is 48.5 Å². The molecule has 378 valence electrons. The number of hydrogen-bond acceptors (Lipinski definition) is 7. The summed E-state index contributed by atoms with van der Waals surface area (Å²) in [6, 6.07) is 71.9. The molecule has 0 aliphatic carbocycles. The first kappa shape index (κ1) is 53.7. The third-order valence-corrected chi connectivity index (χ3v) is 12.7. The van der Waals surface area contributed by atoms with Crippen LogP contribution in [-0.4, -0.2) is 34.9 Å². The van der Waals surface area contributed by atoms with Gasteiger partial charge in [0.25, 0.3) is 0 Å². The molecule has 0 spiro atoms. The first-order valence-electron chi connectivity index (χ1n) is 25.8. The molecule has 14 rings (SSSR count). The topological polar surface area (TPSA) is 90.2 Å². The van der Waals surface area contributed by atoms with Crippen molar-refractivity contribution in [2.75, 3.05) is 0 Å². The second kappa shape index (κ2) is 27.1. The molecule has 0 saturated carbocycles. The Labute approximate surface area is 452 Å². The highest BCUT2D eigenvalue weighted by atomic mass is 14.7. The van der Waals surface area contributed by atoms with Crippen molar-refractivity contribution >= 4 is 76.2 Å². The minimum atomic E-state index is 1.07. The molecule has 7 aromatic carbocycles. The average molecular weight is 1000 g/mol. The highest BCUT2D eigenvalue weighted by Gasteiger charge is 1.98. The van der Waals surface area contributed by atoms with E-state index in [0.29, 0.717) is 0 Å². The molecule has 7 heterocycles. The second-order valence-electron chi connectivity index (χ2n) is 18.7. The molecular formula is C70H63N7. The number of pyridine rings is 7. The molecule has 0 N–H and O–H groups in total. The molecule has 0 unspecified atom stereocenters. The van der Waals surface area contributed by atoms with E-state index in [1.165, 1.54) is 76.5 Å². The predicted octanol–water partition coefficient (Wildman–Crippen LogP) is 17.8. The van der Waals surface area contributed by atoms with Gasteiger partial charge in [-0.3, -0.25) is 34.9 Å². The van der Waals surface area contributed by atoms with E-state index in [1.54, 1.807) is 0 Å². The van der Waals surface area contributed by atoms with Gasteiger partial charge in [0.2, 0.25) is 0 Å². The van der Waals surface area contributed by atoms with E-state index < -0.39 is 0 Å². The molecule has 0 fully saturated rings. The number of para-hydroxylation sites is 3. The first-order valence-corrected chi connectivity index (χ1v) is 25.8. The lowest BCUT2D eigenvalue weighted by atomic mass is 10.1. The number of fused-ring (bicyclic) bond motifs is 7. The van der Waals surface area contributed by atoms with Gasteiger partial charge in [0, 0.05) is 86.8 Å². The zero-order valence-electron chi connectivity index (χ0n) is 44.9. The quantitative estimate of drug-likeness (QED) is 0.149. The fourth-order valence-corrected chi connectivity index (χ4v) is 8.58. The Kier molecular flexibility index (Phi) is 18.9. The Balaban J connectivity index is 0.000000119. The lowest BCUT2D eigenvalue weighted by Crippen LogP contribution is -1.80. The highest BCUT2D eigenvalue weighted by Crippen LogP contribution is 2.19. The van der Waals surface area contributed by atoms with Crippen LogP contribution in [0.3, 0.4) is 0 Å². The molecule has 0 atom stereocenters. The Morgan fingerprint density at radius 2 is 0.701 bits per heavy atom. The van der Waals surface area contributed by atoms with Crippen molar-refractivity contribution in [3.05, 3.63) is 295 Å². The largest absolute Gasteiger partial charge is 0.261 e. The molecule has 0 saturated heterocycles. The summed E-state index contributed by atoms with van der Waals surface area (Å²) in [6.45, 7) is 14.5. The fraction of sp³-hybridized carbons (Fsp3) is 0.100. The van der Waals surface area contributed by atoms with Gasteiger partial charge in [0.15, 0.2) is 0 Å². The number of benzene rings is 7. The normalized spacial score (nSPS) is 10.3. The molecule has 7 aromatic heterocycles. The summed E-state index contributed by atoms with van der Waals surface area (Å²) in [5.41, 5.74) is 15.1. The van der Waals surface area contributed by atoms with Crippen LogP contribution in [-0.2, 0) is 0 Å². The van der Waals surface area contributed by atoms with E-state index >= 15 is 0 Å². The maximum Gasteiger partial charge on any atom is 0.0731 e. The van der Waals surface area contributed by atoms with Crippen LogP contribution in [0.4, 0.5) is 0 Å². The maximum absolute atomic E-state index is 4.28. The SMILES string of the molecule is Cc1ccc2cccnc2c1.Cc1ccc2ncccc2c1.Cc1cccc2cccnc12.Cc1cccc2ncccc12.Cc1ccnc2ccccc12.Cc1cnc2ccccc2c1.Cc1nccc2ccccc12. The molecule has 0 amide bonds. The summed E-state index contributed by atoms with van der Waals surface area (Å²) >= 11 is 0. The van der Waals surface area contributed by atoms with Gasteiger partial charge in [-0.2, -0.15) is 0 Å². The number of aromatic nitrogens is 7. The van der Waals surface area contributed by atoms with Crippen molar-refractivity contribution < 1.29 is 0 Å². The van der Waals surface area contributed by atoms with Crippen molar-refractivity contribution in [1.29, 1.82) is 0 Å². The number of nitrogens with zero attached hydrogens (tertiary/aromatic N) is 7. The predicted molar refractivity (Wildman–Crippen MR) is 325 cm³/mol. The summed E-state index contributed by atoms with van der Waals surface area (Å²) in [6.07, 6.45) is 12.9. The van der Waals surface area contributed by atoms with Crippen molar-refractivity contribution in [1.82, 2.24) is 34.9 Å². The molecule has 14 aromatic rings. The zero-order chi connectivity index (χ0) is 53.8. The van der Waals surface area contributed by atoms with Crippen LogP contribution in [0.1, 0.15) is 39.1 Å². The lowest BCUT2D eigenvalue weighted by Gasteiger charge is -1.97. The van der Waals surface area contributed by atoms with Crippen molar-refractivity contribution in [3.8, 4) is 0 Å². The van der Waals surface area contributed by atoms with Crippen LogP contribution in [0.25, 0.3) is 76.2 Å². The maximum atomic E-state index is 4.28. The first-order chi connectivity index (χ1) is 37.6. The monoisotopic (exact) mass is 1000 g/mol. The minimum Gasteiger partial charge on any atom is -0.261 e. The molecular weight excluding hydrogens is 939 g/mol. The van der Waals surface area contributed by atoms with Crippen molar-refractivity contribution in [2.45, 2.75) is 48.5 Å². The van der Waals surface area contributed by atoms with Gasteiger partial charge in [0.1, 0.15) is 0 Å². The summed E-state index contributed by atoms with van der Waals surface area (Å²) in [5.74, 6) is 0. The Morgan fingerprint density at radius 1 is 0.234 bits per heavy atom. The van der Waals surface area contributed by atoms with Gasteiger partial charge in [-0.25, -0.2) is 0 Å².